The van der Waals surface area contributed by atoms with Crippen LogP contribution in [0.4, 0.5) is 0 Å². The average Bonchev–Trinajstić information content (AvgIpc) is 2.94. The van der Waals surface area contributed by atoms with Crippen LogP contribution in [0.15, 0.2) is 0 Å². The van der Waals surface area contributed by atoms with Crippen LogP contribution in [0, 0.1) is 11.8 Å². The van der Waals surface area contributed by atoms with Crippen LogP contribution in [0.5, 0.6) is 0 Å². The summed E-state index contributed by atoms with van der Waals surface area (Å²) >= 11 is 0. The van der Waals surface area contributed by atoms with E-state index in [1.54, 1.807) is 4.90 Å². The van der Waals surface area contributed by atoms with Gasteiger partial charge in [-0.05, 0) is 25.7 Å². The van der Waals surface area contributed by atoms with Gasteiger partial charge in [0.25, 0.3) is 0 Å². The number of carboxylic acid groups (broad SMARTS) is 1. The standard InChI is InChI=1S/C14H23NO5/c16-8-9-20-10-4-6-15(7-5-10)13(17)11-2-1-3-12(11)14(18)19/h10-12,16H,1-9H2,(H,18,19). The van der Waals surface area contributed by atoms with Gasteiger partial charge in [-0.15, -0.1) is 0 Å². The third-order valence-electron chi connectivity index (χ3n) is 4.35. The number of piperidine rings is 1. The van der Waals surface area contributed by atoms with Gasteiger partial charge in [0, 0.05) is 13.1 Å². The van der Waals surface area contributed by atoms with E-state index in [1.165, 1.54) is 0 Å². The zero-order valence-electron chi connectivity index (χ0n) is 11.7. The van der Waals surface area contributed by atoms with Crippen LogP contribution in [-0.2, 0) is 14.3 Å². The molecule has 1 saturated carbocycles. The molecule has 0 bridgehead atoms. The number of carboxylic acids is 1. The molecule has 1 saturated heterocycles. The number of aliphatic carboxylic acids is 1. The van der Waals surface area contributed by atoms with Crippen molar-refractivity contribution in [1.29, 1.82) is 0 Å². The number of nitrogens with zero attached hydrogens (tertiary/aromatic N) is 1. The van der Waals surface area contributed by atoms with E-state index >= 15 is 0 Å². The number of hydrogen-bond donors (Lipinski definition) is 2. The first-order valence-corrected chi connectivity index (χ1v) is 7.37. The smallest absolute Gasteiger partial charge is 0.307 e. The van der Waals surface area contributed by atoms with Gasteiger partial charge in [0.2, 0.25) is 5.91 Å². The second-order valence-corrected chi connectivity index (χ2v) is 5.60. The molecule has 6 heteroatoms. The predicted molar refractivity (Wildman–Crippen MR) is 71.1 cm³/mol. The molecule has 1 heterocycles. The van der Waals surface area contributed by atoms with E-state index in [4.69, 9.17) is 14.9 Å². The van der Waals surface area contributed by atoms with E-state index in [9.17, 15) is 9.59 Å². The molecule has 2 aliphatic rings. The van der Waals surface area contributed by atoms with Crippen molar-refractivity contribution < 1.29 is 24.5 Å². The summed E-state index contributed by atoms with van der Waals surface area (Å²) in [4.78, 5) is 25.4. The van der Waals surface area contributed by atoms with Crippen molar-refractivity contribution in [2.75, 3.05) is 26.3 Å². The van der Waals surface area contributed by atoms with Crippen LogP contribution in [0.1, 0.15) is 32.1 Å². The highest BCUT2D eigenvalue weighted by atomic mass is 16.5. The van der Waals surface area contributed by atoms with Crippen molar-refractivity contribution in [3.63, 3.8) is 0 Å². The van der Waals surface area contributed by atoms with Crippen molar-refractivity contribution >= 4 is 11.9 Å². The minimum atomic E-state index is -0.845. The molecule has 1 aliphatic heterocycles. The lowest BCUT2D eigenvalue weighted by atomic mass is 9.93. The lowest BCUT2D eigenvalue weighted by Crippen LogP contribution is -2.45. The Morgan fingerprint density at radius 1 is 1.10 bits per heavy atom. The SMILES string of the molecule is O=C(O)C1CCCC1C(=O)N1CCC(OCCO)CC1. The minimum absolute atomic E-state index is 0.00416. The Morgan fingerprint density at radius 3 is 2.35 bits per heavy atom. The summed E-state index contributed by atoms with van der Waals surface area (Å²) in [6.45, 7) is 1.60. The molecule has 2 atom stereocenters. The van der Waals surface area contributed by atoms with Gasteiger partial charge in [0.1, 0.15) is 0 Å². The highest BCUT2D eigenvalue weighted by Crippen LogP contribution is 2.34. The number of ether oxygens (including phenoxy) is 1. The topological polar surface area (TPSA) is 87.1 Å². The Balaban J connectivity index is 1.84. The number of rotatable bonds is 5. The van der Waals surface area contributed by atoms with Gasteiger partial charge in [-0.3, -0.25) is 9.59 Å². The molecule has 1 aliphatic carbocycles. The molecular weight excluding hydrogens is 262 g/mol. The molecule has 0 aromatic carbocycles. The van der Waals surface area contributed by atoms with Gasteiger partial charge in [-0.25, -0.2) is 0 Å². The van der Waals surface area contributed by atoms with Crippen molar-refractivity contribution in [3.8, 4) is 0 Å². The fourth-order valence-electron chi connectivity index (χ4n) is 3.25. The summed E-state index contributed by atoms with van der Waals surface area (Å²) in [7, 11) is 0. The van der Waals surface area contributed by atoms with Crippen molar-refractivity contribution in [1.82, 2.24) is 4.90 Å². The maximum atomic E-state index is 12.4. The van der Waals surface area contributed by atoms with Gasteiger partial charge in [-0.1, -0.05) is 6.42 Å². The summed E-state index contributed by atoms with van der Waals surface area (Å²) < 4.78 is 5.46. The zero-order chi connectivity index (χ0) is 14.5. The normalized spacial score (nSPS) is 27.8. The predicted octanol–water partition coefficient (Wildman–Crippen LogP) is 0.487. The molecule has 0 spiro atoms. The van der Waals surface area contributed by atoms with E-state index in [0.717, 1.165) is 19.3 Å². The Bertz CT molecular complexity index is 351. The number of carbonyl (C=O) groups is 2. The Morgan fingerprint density at radius 2 is 1.75 bits per heavy atom. The number of amides is 1. The summed E-state index contributed by atoms with van der Waals surface area (Å²) in [5.41, 5.74) is 0. The summed E-state index contributed by atoms with van der Waals surface area (Å²) in [6, 6.07) is 0. The van der Waals surface area contributed by atoms with Crippen LogP contribution < -0.4 is 0 Å². The van der Waals surface area contributed by atoms with Gasteiger partial charge in [-0.2, -0.15) is 0 Å². The second-order valence-electron chi connectivity index (χ2n) is 5.60. The summed E-state index contributed by atoms with van der Waals surface area (Å²) in [5.74, 6) is -1.70. The molecular formula is C14H23NO5. The molecule has 2 rings (SSSR count). The average molecular weight is 285 g/mol. The van der Waals surface area contributed by atoms with Crippen molar-refractivity contribution in [2.24, 2.45) is 11.8 Å². The summed E-state index contributed by atoms with van der Waals surface area (Å²) in [5, 5.41) is 17.9. The third-order valence-corrected chi connectivity index (χ3v) is 4.35. The molecule has 2 unspecified atom stereocenters. The quantitative estimate of drug-likeness (QED) is 0.767. The highest BCUT2D eigenvalue weighted by Gasteiger charge is 2.40. The maximum Gasteiger partial charge on any atom is 0.307 e. The second kappa shape index (κ2) is 7.04. The molecule has 2 fully saturated rings. The Kier molecular flexibility index (Phi) is 5.37. The number of aliphatic hydroxyl groups excluding tert-OH is 1. The minimum Gasteiger partial charge on any atom is -0.481 e. The number of aliphatic hydroxyl groups is 1. The fourth-order valence-corrected chi connectivity index (χ4v) is 3.25. The van der Waals surface area contributed by atoms with Crippen LogP contribution in [-0.4, -0.2) is 59.4 Å². The number of likely N-dealkylation sites (tertiary alicyclic amines) is 1. The number of hydrogen-bond acceptors (Lipinski definition) is 4. The molecule has 114 valence electrons. The lowest BCUT2D eigenvalue weighted by molar-refractivity contribution is -0.150. The molecule has 0 aromatic rings. The first kappa shape index (κ1) is 15.3. The lowest BCUT2D eigenvalue weighted by Gasteiger charge is -2.34. The van der Waals surface area contributed by atoms with E-state index < -0.39 is 11.9 Å². The molecule has 0 radical (unpaired) electrons. The molecule has 0 aromatic heterocycles. The van der Waals surface area contributed by atoms with Crippen LogP contribution in [0.3, 0.4) is 0 Å². The van der Waals surface area contributed by atoms with Crippen LogP contribution in [0.2, 0.25) is 0 Å². The van der Waals surface area contributed by atoms with Crippen LogP contribution in [0.25, 0.3) is 0 Å². The molecule has 6 nitrogen and oxygen atoms in total. The molecule has 1 amide bonds. The first-order valence-electron chi connectivity index (χ1n) is 7.37. The Hall–Kier alpha value is -1.14. The van der Waals surface area contributed by atoms with Gasteiger partial charge in [0.05, 0.1) is 31.2 Å². The largest absolute Gasteiger partial charge is 0.481 e. The van der Waals surface area contributed by atoms with Crippen molar-refractivity contribution in [3.05, 3.63) is 0 Å². The van der Waals surface area contributed by atoms with Gasteiger partial charge >= 0.3 is 5.97 Å². The molecule has 20 heavy (non-hydrogen) atoms. The van der Waals surface area contributed by atoms with Gasteiger partial charge in [0.15, 0.2) is 0 Å². The zero-order valence-corrected chi connectivity index (χ0v) is 11.7. The Labute approximate surface area is 118 Å². The fraction of sp³-hybridized carbons (Fsp3) is 0.857. The van der Waals surface area contributed by atoms with E-state index in [0.29, 0.717) is 32.5 Å². The first-order chi connectivity index (χ1) is 9.63. The maximum absolute atomic E-state index is 12.4. The summed E-state index contributed by atoms with van der Waals surface area (Å²) in [6.07, 6.45) is 3.75. The van der Waals surface area contributed by atoms with E-state index in [2.05, 4.69) is 0 Å². The third kappa shape index (κ3) is 3.49. The van der Waals surface area contributed by atoms with Gasteiger partial charge < -0.3 is 19.8 Å². The van der Waals surface area contributed by atoms with E-state index in [1.807, 2.05) is 0 Å². The monoisotopic (exact) mass is 285 g/mol. The number of carbonyl (C=O) groups excluding carboxylic acids is 1. The van der Waals surface area contributed by atoms with Crippen molar-refractivity contribution in [2.45, 2.75) is 38.2 Å². The molecule has 2 N–H and O–H groups in total. The van der Waals surface area contributed by atoms with E-state index in [-0.39, 0.29) is 24.5 Å². The highest BCUT2D eigenvalue weighted by molar-refractivity contribution is 5.85. The van der Waals surface area contributed by atoms with Crippen LogP contribution >= 0.6 is 0 Å².